The summed E-state index contributed by atoms with van der Waals surface area (Å²) in [5, 5.41) is 7.67. The molecule has 1 N–H and O–H groups in total. The van der Waals surface area contributed by atoms with Crippen molar-refractivity contribution in [3.8, 4) is 28.8 Å². The van der Waals surface area contributed by atoms with Crippen LogP contribution in [-0.2, 0) is 22.6 Å². The number of carbonyl (C=O) groups excluding carboxylic acids is 2. The van der Waals surface area contributed by atoms with E-state index in [9.17, 15) is 9.59 Å². The molecule has 0 aliphatic rings. The first-order valence-electron chi connectivity index (χ1n) is 15.1. The van der Waals surface area contributed by atoms with Crippen molar-refractivity contribution in [3.63, 3.8) is 0 Å². The van der Waals surface area contributed by atoms with E-state index in [4.69, 9.17) is 23.7 Å². The van der Waals surface area contributed by atoms with Gasteiger partial charge in [0.25, 0.3) is 5.91 Å². The van der Waals surface area contributed by atoms with Gasteiger partial charge in [0.15, 0.2) is 0 Å². The lowest BCUT2D eigenvalue weighted by Gasteiger charge is -2.16. The van der Waals surface area contributed by atoms with Crippen molar-refractivity contribution in [1.29, 1.82) is 0 Å². The van der Waals surface area contributed by atoms with E-state index in [1.54, 1.807) is 51.4 Å². The molecule has 10 nitrogen and oxygen atoms in total. The van der Waals surface area contributed by atoms with E-state index in [0.717, 1.165) is 22.5 Å². The molecule has 0 saturated heterocycles. The molecule has 242 valence electrons. The third-order valence-electron chi connectivity index (χ3n) is 7.48. The Bertz CT molecular complexity index is 1820. The third-order valence-corrected chi connectivity index (χ3v) is 7.48. The summed E-state index contributed by atoms with van der Waals surface area (Å²) in [7, 11) is 6.60. The fraction of sp³-hybridized carbons (Fsp3) is 0.216. The number of carbonyl (C=O) groups is 2. The second-order valence-electron chi connectivity index (χ2n) is 11.0. The van der Waals surface area contributed by atoms with Crippen LogP contribution in [0.3, 0.4) is 0 Å². The van der Waals surface area contributed by atoms with E-state index < -0.39 is 0 Å². The average molecular weight is 635 g/mol. The van der Waals surface area contributed by atoms with Gasteiger partial charge in [-0.05, 0) is 79.1 Å². The Hall–Kier alpha value is -5.77. The van der Waals surface area contributed by atoms with Gasteiger partial charge in [-0.2, -0.15) is 5.10 Å². The molecule has 2 heterocycles. The first kappa shape index (κ1) is 32.6. The van der Waals surface area contributed by atoms with Gasteiger partial charge >= 0.3 is 0 Å². The standard InChI is InChI=1S/C37H38N4O6/c1-25-33(17-18-35(42)38-24-30-12-9-19-46-30)37(41(39-25)28-10-7-6-8-11-28)47-29-15-13-27(14-16-29)34(36(43)40(2)3)22-26-20-31(44-4)23-32(21-26)45-5/h6-16,19-23H,17-18,24H2,1-5H3,(H,38,42). The zero-order chi connectivity index (χ0) is 33.3. The van der Waals surface area contributed by atoms with Crippen molar-refractivity contribution < 1.29 is 28.2 Å². The zero-order valence-electron chi connectivity index (χ0n) is 27.2. The first-order chi connectivity index (χ1) is 22.7. The number of likely N-dealkylation sites (N-methyl/N-ethyl adjacent to an activating group) is 1. The molecule has 47 heavy (non-hydrogen) atoms. The van der Waals surface area contributed by atoms with Crippen LogP contribution >= 0.6 is 0 Å². The second kappa shape index (κ2) is 15.0. The Balaban J connectivity index is 1.43. The van der Waals surface area contributed by atoms with E-state index in [1.165, 1.54) is 4.90 Å². The van der Waals surface area contributed by atoms with Crippen molar-refractivity contribution in [3.05, 3.63) is 119 Å². The topological polar surface area (TPSA) is 108 Å². The van der Waals surface area contributed by atoms with Crippen molar-refractivity contribution in [2.75, 3.05) is 28.3 Å². The second-order valence-corrected chi connectivity index (χ2v) is 11.0. The summed E-state index contributed by atoms with van der Waals surface area (Å²) in [5.41, 5.74) is 4.36. The summed E-state index contributed by atoms with van der Waals surface area (Å²) in [6.45, 7) is 2.23. The number of para-hydroxylation sites is 1. The number of methoxy groups -OCH3 is 2. The van der Waals surface area contributed by atoms with Crippen LogP contribution in [0.5, 0.6) is 23.1 Å². The van der Waals surface area contributed by atoms with E-state index in [2.05, 4.69) is 5.32 Å². The molecule has 0 aliphatic heterocycles. The number of ether oxygens (including phenoxy) is 3. The van der Waals surface area contributed by atoms with E-state index >= 15 is 0 Å². The number of benzene rings is 3. The molecule has 0 spiro atoms. The molecule has 10 heteroatoms. The van der Waals surface area contributed by atoms with Crippen LogP contribution in [-0.4, -0.2) is 54.8 Å². The van der Waals surface area contributed by atoms with Crippen molar-refractivity contribution in [2.45, 2.75) is 26.3 Å². The Morgan fingerprint density at radius 3 is 2.23 bits per heavy atom. The fourth-order valence-corrected chi connectivity index (χ4v) is 5.00. The summed E-state index contributed by atoms with van der Waals surface area (Å²) < 4.78 is 24.4. The maximum Gasteiger partial charge on any atom is 0.253 e. The van der Waals surface area contributed by atoms with Gasteiger partial charge in [0.05, 0.1) is 38.4 Å². The Labute approximate surface area is 274 Å². The largest absolute Gasteiger partial charge is 0.497 e. The summed E-state index contributed by atoms with van der Waals surface area (Å²) in [6, 6.07) is 26.1. The number of furan rings is 1. The fourth-order valence-electron chi connectivity index (χ4n) is 5.00. The number of hydrogen-bond donors (Lipinski definition) is 1. The quantitative estimate of drug-likeness (QED) is 0.117. The molecule has 0 unspecified atom stereocenters. The van der Waals surface area contributed by atoms with Crippen LogP contribution in [0.1, 0.15) is 34.6 Å². The SMILES string of the molecule is COc1cc(C=C(C(=O)N(C)C)c2ccc(Oc3c(CCC(=O)NCc4ccco4)c(C)nn3-c3ccccc3)cc2)cc(OC)c1. The van der Waals surface area contributed by atoms with Gasteiger partial charge in [0.1, 0.15) is 23.0 Å². The first-order valence-corrected chi connectivity index (χ1v) is 15.1. The molecular formula is C37H38N4O6. The van der Waals surface area contributed by atoms with Crippen LogP contribution in [0.15, 0.2) is 95.6 Å². The summed E-state index contributed by atoms with van der Waals surface area (Å²) >= 11 is 0. The number of amides is 2. The van der Waals surface area contributed by atoms with Gasteiger partial charge in [-0.15, -0.1) is 0 Å². The zero-order valence-corrected chi connectivity index (χ0v) is 27.2. The van der Waals surface area contributed by atoms with Gasteiger partial charge in [-0.25, -0.2) is 4.68 Å². The van der Waals surface area contributed by atoms with Gasteiger partial charge in [-0.1, -0.05) is 30.3 Å². The molecular weight excluding hydrogens is 596 g/mol. The highest BCUT2D eigenvalue weighted by atomic mass is 16.5. The van der Waals surface area contributed by atoms with Gasteiger partial charge < -0.3 is 28.8 Å². The molecule has 0 radical (unpaired) electrons. The Morgan fingerprint density at radius 2 is 1.62 bits per heavy atom. The number of rotatable bonds is 13. The Morgan fingerprint density at radius 1 is 0.915 bits per heavy atom. The molecule has 2 aromatic heterocycles. The lowest BCUT2D eigenvalue weighted by atomic mass is 10.0. The molecule has 0 atom stereocenters. The molecule has 2 amide bonds. The molecule has 0 bridgehead atoms. The predicted molar refractivity (Wildman–Crippen MR) is 180 cm³/mol. The van der Waals surface area contributed by atoms with Crippen LogP contribution in [0, 0.1) is 6.92 Å². The monoisotopic (exact) mass is 634 g/mol. The number of nitrogens with one attached hydrogen (secondary N) is 1. The average Bonchev–Trinajstić information content (AvgIpc) is 3.73. The molecule has 0 fully saturated rings. The van der Waals surface area contributed by atoms with E-state index in [1.807, 2.05) is 85.8 Å². The van der Waals surface area contributed by atoms with Crippen LogP contribution in [0.2, 0.25) is 0 Å². The normalized spacial score (nSPS) is 11.2. The van der Waals surface area contributed by atoms with Crippen LogP contribution in [0.4, 0.5) is 0 Å². The number of nitrogens with zero attached hydrogens (tertiary/aromatic N) is 3. The lowest BCUT2D eigenvalue weighted by molar-refractivity contribution is -0.122. The molecule has 5 aromatic rings. The minimum atomic E-state index is -0.161. The summed E-state index contributed by atoms with van der Waals surface area (Å²) in [4.78, 5) is 27.6. The Kier molecular flexibility index (Phi) is 10.4. The van der Waals surface area contributed by atoms with Crippen molar-refractivity contribution in [1.82, 2.24) is 20.0 Å². The number of aromatic nitrogens is 2. The van der Waals surface area contributed by atoms with Gasteiger partial charge in [-0.3, -0.25) is 9.59 Å². The van der Waals surface area contributed by atoms with E-state index in [-0.39, 0.29) is 18.2 Å². The summed E-state index contributed by atoms with van der Waals surface area (Å²) in [6.07, 6.45) is 4.05. The van der Waals surface area contributed by atoms with Gasteiger partial charge in [0.2, 0.25) is 11.8 Å². The van der Waals surface area contributed by atoms with Crippen molar-refractivity contribution >= 4 is 23.5 Å². The smallest absolute Gasteiger partial charge is 0.253 e. The highest BCUT2D eigenvalue weighted by molar-refractivity contribution is 6.24. The van der Waals surface area contributed by atoms with Gasteiger partial charge in [0, 0.05) is 37.7 Å². The minimum absolute atomic E-state index is 0.109. The summed E-state index contributed by atoms with van der Waals surface area (Å²) in [5.74, 6) is 2.72. The maximum absolute atomic E-state index is 13.3. The third kappa shape index (κ3) is 8.09. The van der Waals surface area contributed by atoms with Crippen molar-refractivity contribution in [2.24, 2.45) is 0 Å². The number of aryl methyl sites for hydroxylation is 1. The predicted octanol–water partition coefficient (Wildman–Crippen LogP) is 6.46. The lowest BCUT2D eigenvalue weighted by Crippen LogP contribution is -2.22. The highest BCUT2D eigenvalue weighted by Crippen LogP contribution is 2.33. The molecule has 0 saturated carbocycles. The van der Waals surface area contributed by atoms with Crippen LogP contribution in [0.25, 0.3) is 17.3 Å². The molecule has 3 aromatic carbocycles. The molecule has 5 rings (SSSR count). The minimum Gasteiger partial charge on any atom is -0.497 e. The molecule has 0 aliphatic carbocycles. The van der Waals surface area contributed by atoms with Crippen LogP contribution < -0.4 is 19.5 Å². The highest BCUT2D eigenvalue weighted by Gasteiger charge is 2.21. The number of hydrogen-bond acceptors (Lipinski definition) is 7. The van der Waals surface area contributed by atoms with E-state index in [0.29, 0.717) is 53.0 Å². The maximum atomic E-state index is 13.3.